The highest BCUT2D eigenvalue weighted by atomic mass is 16.5. The molecule has 0 saturated carbocycles. The lowest BCUT2D eigenvalue weighted by Crippen LogP contribution is -2.39. The van der Waals surface area contributed by atoms with E-state index in [0.717, 1.165) is 59.5 Å². The Hall–Kier alpha value is -2.30. The lowest BCUT2D eigenvalue weighted by atomic mass is 9.97. The summed E-state index contributed by atoms with van der Waals surface area (Å²) in [5.74, 6) is 1.52. The first-order chi connectivity index (χ1) is 12.0. The van der Waals surface area contributed by atoms with Crippen LogP contribution in [0.2, 0.25) is 0 Å². The Kier molecular flexibility index (Phi) is 5.11. The minimum Gasteiger partial charge on any atom is -0.493 e. The highest BCUT2D eigenvalue weighted by molar-refractivity contribution is 5.97. The Morgan fingerprint density at radius 2 is 2.04 bits per heavy atom. The summed E-state index contributed by atoms with van der Waals surface area (Å²) in [6, 6.07) is 5.89. The standard InChI is InChI=1S/C20H27N3O2/c1-4-18(24)23-10-8-15(9-11-23)12-25-17-7-5-6-16-19(17)20(21)13(2)14(3)22-16/h5-7,15H,4,8-12H2,1-3H3,(H2,21,22). The molecular formula is C20H27N3O2. The number of likely N-dealkylation sites (tertiary alicyclic amines) is 1. The first-order valence-electron chi connectivity index (χ1n) is 9.07. The number of pyridine rings is 1. The zero-order valence-electron chi connectivity index (χ0n) is 15.3. The van der Waals surface area contributed by atoms with Crippen LogP contribution in [-0.4, -0.2) is 35.5 Å². The Morgan fingerprint density at radius 1 is 1.32 bits per heavy atom. The highest BCUT2D eigenvalue weighted by Gasteiger charge is 2.22. The predicted molar refractivity (Wildman–Crippen MR) is 101 cm³/mol. The van der Waals surface area contributed by atoms with E-state index < -0.39 is 0 Å². The molecule has 1 fully saturated rings. The van der Waals surface area contributed by atoms with Crippen LogP contribution in [0.1, 0.15) is 37.4 Å². The van der Waals surface area contributed by atoms with E-state index in [2.05, 4.69) is 4.98 Å². The number of carbonyl (C=O) groups is 1. The van der Waals surface area contributed by atoms with E-state index >= 15 is 0 Å². The minimum absolute atomic E-state index is 0.248. The second-order valence-electron chi connectivity index (χ2n) is 6.87. The van der Waals surface area contributed by atoms with Crippen LogP contribution < -0.4 is 10.5 Å². The minimum atomic E-state index is 0.248. The zero-order valence-corrected chi connectivity index (χ0v) is 15.3. The molecule has 1 aromatic carbocycles. The number of aromatic nitrogens is 1. The monoisotopic (exact) mass is 341 g/mol. The molecule has 2 aromatic rings. The third-order valence-corrected chi connectivity index (χ3v) is 5.25. The van der Waals surface area contributed by atoms with Gasteiger partial charge >= 0.3 is 0 Å². The predicted octanol–water partition coefficient (Wildman–Crippen LogP) is 3.46. The van der Waals surface area contributed by atoms with Gasteiger partial charge in [0.25, 0.3) is 0 Å². The second-order valence-corrected chi connectivity index (χ2v) is 6.87. The first-order valence-corrected chi connectivity index (χ1v) is 9.07. The molecule has 1 aromatic heterocycles. The Bertz CT molecular complexity index is 780. The summed E-state index contributed by atoms with van der Waals surface area (Å²) in [6.45, 7) is 8.20. The quantitative estimate of drug-likeness (QED) is 0.924. The van der Waals surface area contributed by atoms with Crippen molar-refractivity contribution in [2.75, 3.05) is 25.4 Å². The Balaban J connectivity index is 1.70. The molecule has 1 saturated heterocycles. The molecule has 3 rings (SSSR count). The smallest absolute Gasteiger partial charge is 0.222 e. The van der Waals surface area contributed by atoms with E-state index in [1.807, 2.05) is 43.9 Å². The van der Waals surface area contributed by atoms with Crippen molar-refractivity contribution in [1.82, 2.24) is 9.88 Å². The fraction of sp³-hybridized carbons (Fsp3) is 0.500. The molecule has 0 spiro atoms. The number of piperidine rings is 1. The average Bonchev–Trinajstić information content (AvgIpc) is 2.64. The summed E-state index contributed by atoms with van der Waals surface area (Å²) in [6.07, 6.45) is 2.56. The third-order valence-electron chi connectivity index (χ3n) is 5.25. The highest BCUT2D eigenvalue weighted by Crippen LogP contribution is 2.33. The van der Waals surface area contributed by atoms with Crippen LogP contribution in [0.3, 0.4) is 0 Å². The van der Waals surface area contributed by atoms with Crippen molar-refractivity contribution in [1.29, 1.82) is 0 Å². The van der Waals surface area contributed by atoms with Crippen molar-refractivity contribution in [2.24, 2.45) is 5.92 Å². The SMILES string of the molecule is CCC(=O)N1CCC(COc2cccc3nc(C)c(C)c(N)c23)CC1. The first kappa shape index (κ1) is 17.5. The Labute approximate surface area is 149 Å². The molecular weight excluding hydrogens is 314 g/mol. The average molecular weight is 341 g/mol. The molecule has 2 heterocycles. The van der Waals surface area contributed by atoms with Gasteiger partial charge in [-0.25, -0.2) is 0 Å². The summed E-state index contributed by atoms with van der Waals surface area (Å²) in [5, 5.41) is 0.907. The van der Waals surface area contributed by atoms with Gasteiger partial charge in [0, 0.05) is 30.9 Å². The van der Waals surface area contributed by atoms with E-state index in [-0.39, 0.29) is 5.91 Å². The molecule has 5 nitrogen and oxygen atoms in total. The molecule has 1 aliphatic rings. The molecule has 0 radical (unpaired) electrons. The van der Waals surface area contributed by atoms with Gasteiger partial charge in [0.15, 0.2) is 0 Å². The molecule has 1 amide bonds. The van der Waals surface area contributed by atoms with Crippen LogP contribution >= 0.6 is 0 Å². The van der Waals surface area contributed by atoms with Gasteiger partial charge in [-0.3, -0.25) is 9.78 Å². The molecule has 5 heteroatoms. The van der Waals surface area contributed by atoms with Crippen molar-refractivity contribution < 1.29 is 9.53 Å². The van der Waals surface area contributed by atoms with Gasteiger partial charge in [-0.2, -0.15) is 0 Å². The number of nitrogens with two attached hydrogens (primary N) is 1. The summed E-state index contributed by atoms with van der Waals surface area (Å²) in [7, 11) is 0. The van der Waals surface area contributed by atoms with Gasteiger partial charge in [-0.05, 0) is 50.3 Å². The lowest BCUT2D eigenvalue weighted by molar-refractivity contribution is -0.132. The maximum Gasteiger partial charge on any atom is 0.222 e. The molecule has 0 bridgehead atoms. The van der Waals surface area contributed by atoms with Crippen LogP contribution in [0.4, 0.5) is 5.69 Å². The molecule has 25 heavy (non-hydrogen) atoms. The number of hydrogen-bond donors (Lipinski definition) is 1. The molecule has 2 N–H and O–H groups in total. The largest absolute Gasteiger partial charge is 0.493 e. The summed E-state index contributed by atoms with van der Waals surface area (Å²) < 4.78 is 6.13. The van der Waals surface area contributed by atoms with Crippen LogP contribution in [-0.2, 0) is 4.79 Å². The number of amides is 1. The fourth-order valence-electron chi connectivity index (χ4n) is 3.43. The van der Waals surface area contributed by atoms with Crippen LogP contribution in [0, 0.1) is 19.8 Å². The molecule has 0 aliphatic carbocycles. The van der Waals surface area contributed by atoms with Gasteiger partial charge in [0.2, 0.25) is 5.91 Å². The van der Waals surface area contributed by atoms with E-state index in [9.17, 15) is 4.79 Å². The normalized spacial score (nSPS) is 15.6. The van der Waals surface area contributed by atoms with E-state index in [0.29, 0.717) is 18.9 Å². The maximum atomic E-state index is 11.8. The van der Waals surface area contributed by atoms with Gasteiger partial charge in [-0.15, -0.1) is 0 Å². The number of benzene rings is 1. The summed E-state index contributed by atoms with van der Waals surface area (Å²) in [4.78, 5) is 18.4. The van der Waals surface area contributed by atoms with Crippen molar-refractivity contribution in [3.8, 4) is 5.75 Å². The number of anilines is 1. The van der Waals surface area contributed by atoms with Crippen molar-refractivity contribution in [3.63, 3.8) is 0 Å². The number of ether oxygens (including phenoxy) is 1. The van der Waals surface area contributed by atoms with Gasteiger partial charge in [-0.1, -0.05) is 13.0 Å². The van der Waals surface area contributed by atoms with Crippen molar-refractivity contribution in [2.45, 2.75) is 40.0 Å². The van der Waals surface area contributed by atoms with Crippen LogP contribution in [0.5, 0.6) is 5.75 Å². The third kappa shape index (κ3) is 3.55. The van der Waals surface area contributed by atoms with E-state index in [4.69, 9.17) is 10.5 Å². The molecule has 0 atom stereocenters. The van der Waals surface area contributed by atoms with Crippen molar-refractivity contribution >= 4 is 22.5 Å². The van der Waals surface area contributed by atoms with Gasteiger partial charge in [0.05, 0.1) is 17.5 Å². The van der Waals surface area contributed by atoms with Gasteiger partial charge in [0.1, 0.15) is 5.75 Å². The Morgan fingerprint density at radius 3 is 2.72 bits per heavy atom. The zero-order chi connectivity index (χ0) is 18.0. The van der Waals surface area contributed by atoms with Crippen molar-refractivity contribution in [3.05, 3.63) is 29.5 Å². The number of nitrogen functional groups attached to an aromatic ring is 1. The maximum absolute atomic E-state index is 11.8. The summed E-state index contributed by atoms with van der Waals surface area (Å²) in [5.41, 5.74) is 9.92. The number of hydrogen-bond acceptors (Lipinski definition) is 4. The topological polar surface area (TPSA) is 68.5 Å². The number of carbonyl (C=O) groups excluding carboxylic acids is 1. The van der Waals surface area contributed by atoms with E-state index in [1.54, 1.807) is 0 Å². The van der Waals surface area contributed by atoms with Crippen LogP contribution in [0.25, 0.3) is 10.9 Å². The number of nitrogens with zero attached hydrogens (tertiary/aromatic N) is 2. The summed E-state index contributed by atoms with van der Waals surface area (Å²) >= 11 is 0. The molecule has 1 aliphatic heterocycles. The number of aryl methyl sites for hydroxylation is 1. The van der Waals surface area contributed by atoms with Gasteiger partial charge < -0.3 is 15.4 Å². The molecule has 0 unspecified atom stereocenters. The fourth-order valence-corrected chi connectivity index (χ4v) is 3.43. The second kappa shape index (κ2) is 7.30. The van der Waals surface area contributed by atoms with Crippen LogP contribution in [0.15, 0.2) is 18.2 Å². The number of fused-ring (bicyclic) bond motifs is 1. The number of rotatable bonds is 4. The lowest BCUT2D eigenvalue weighted by Gasteiger charge is -2.31. The van der Waals surface area contributed by atoms with E-state index in [1.165, 1.54) is 0 Å². The molecule has 134 valence electrons.